The van der Waals surface area contributed by atoms with Crippen LogP contribution < -0.4 is 20.1 Å². The van der Waals surface area contributed by atoms with Crippen LogP contribution in [0.15, 0.2) is 48.5 Å². The van der Waals surface area contributed by atoms with E-state index in [0.29, 0.717) is 11.3 Å². The Morgan fingerprint density at radius 3 is 2.47 bits per heavy atom. The minimum absolute atomic E-state index is 0.0827. The highest BCUT2D eigenvalue weighted by molar-refractivity contribution is 6.23. The minimum atomic E-state index is -1.62. The number of nitrogens with two attached hydrogens (primary N) is 1. The molecular formula is C22H22N2O6. The van der Waals surface area contributed by atoms with Gasteiger partial charge in [-0.1, -0.05) is 31.2 Å². The fourth-order valence-electron chi connectivity index (χ4n) is 4.89. The van der Waals surface area contributed by atoms with Crippen molar-refractivity contribution in [3.63, 3.8) is 0 Å². The number of carboxylic acids is 1. The fraction of sp³-hybridized carbons (Fsp3) is 0.318. The largest absolute Gasteiger partial charge is 0.544 e. The third-order valence-electron chi connectivity index (χ3n) is 6.36. The van der Waals surface area contributed by atoms with Crippen molar-refractivity contribution >= 4 is 23.5 Å². The van der Waals surface area contributed by atoms with E-state index in [0.717, 1.165) is 4.90 Å². The number of imide groups is 1. The van der Waals surface area contributed by atoms with E-state index < -0.39 is 41.2 Å². The number of carboxylic acid groups (broad SMARTS) is 1. The quantitative estimate of drug-likeness (QED) is 0.654. The average molecular weight is 410 g/mol. The van der Waals surface area contributed by atoms with Crippen molar-refractivity contribution in [2.24, 2.45) is 11.8 Å². The van der Waals surface area contributed by atoms with E-state index >= 15 is 0 Å². The first-order valence-corrected chi connectivity index (χ1v) is 9.73. The number of carbonyl (C=O) groups excluding carboxylic acids is 3. The molecule has 2 aliphatic rings. The number of phenolic OH excluding ortho intramolecular Hbond substituents is 1. The van der Waals surface area contributed by atoms with Gasteiger partial charge in [0.15, 0.2) is 11.5 Å². The number of ether oxygens (including phenoxy) is 1. The van der Waals surface area contributed by atoms with E-state index in [1.165, 1.54) is 12.4 Å². The number of phenols is 1. The lowest BCUT2D eigenvalue weighted by Crippen LogP contribution is -2.99. The summed E-state index contributed by atoms with van der Waals surface area (Å²) in [7, 11) is 1.40. The van der Waals surface area contributed by atoms with E-state index in [4.69, 9.17) is 4.74 Å². The Hall–Kier alpha value is -3.39. The molecule has 0 bridgehead atoms. The summed E-state index contributed by atoms with van der Waals surface area (Å²) in [6.07, 6.45) is 0.0827. The molecule has 0 spiro atoms. The van der Waals surface area contributed by atoms with Gasteiger partial charge < -0.3 is 25.1 Å². The lowest BCUT2D eigenvalue weighted by atomic mass is 9.78. The number of nitrogens with zero attached hydrogens (tertiary/aromatic N) is 1. The SMILES string of the molecule is CC[C@]1(C(=O)[O-])[NH2+][C@@H](c2cccc(OC)c2O)[C@H]2C(=O)N(c3ccccc3)C(=O)[C@@H]21. The van der Waals surface area contributed by atoms with Crippen LogP contribution in [0.4, 0.5) is 5.69 Å². The summed E-state index contributed by atoms with van der Waals surface area (Å²) in [6, 6.07) is 12.5. The first kappa shape index (κ1) is 19.9. The van der Waals surface area contributed by atoms with Crippen LogP contribution in [0, 0.1) is 11.8 Å². The van der Waals surface area contributed by atoms with Gasteiger partial charge in [0.05, 0.1) is 18.4 Å². The van der Waals surface area contributed by atoms with Crippen molar-refractivity contribution < 1.29 is 34.7 Å². The number of quaternary nitrogens is 1. The number of aromatic hydroxyl groups is 1. The predicted molar refractivity (Wildman–Crippen MR) is 103 cm³/mol. The molecule has 4 rings (SSSR count). The summed E-state index contributed by atoms with van der Waals surface area (Å²) in [5, 5.41) is 24.4. The van der Waals surface area contributed by atoms with Gasteiger partial charge >= 0.3 is 0 Å². The number of amides is 2. The second-order valence-corrected chi connectivity index (χ2v) is 7.62. The van der Waals surface area contributed by atoms with E-state index in [2.05, 4.69) is 0 Å². The topological polar surface area (TPSA) is 124 Å². The van der Waals surface area contributed by atoms with Gasteiger partial charge in [-0.2, -0.15) is 0 Å². The standard InChI is InChI=1S/C22H22N2O6/c1-3-22(21(28)29)16-15(17(23-22)13-10-7-11-14(30-2)18(13)25)19(26)24(20(16)27)12-8-5-4-6-9-12/h4-11,15-17,23,25H,3H2,1-2H3,(H,28,29)/t15-,16+,17-,22-/m0/s1. The molecular weight excluding hydrogens is 388 g/mol. The molecule has 0 radical (unpaired) electrons. The zero-order valence-electron chi connectivity index (χ0n) is 16.6. The maximum atomic E-state index is 13.4. The number of aliphatic carboxylic acids is 1. The second kappa shape index (κ2) is 7.14. The molecule has 0 saturated carbocycles. The van der Waals surface area contributed by atoms with Crippen LogP contribution in [0.25, 0.3) is 0 Å². The van der Waals surface area contributed by atoms with Crippen LogP contribution in [0.3, 0.4) is 0 Å². The highest BCUT2D eigenvalue weighted by Crippen LogP contribution is 2.48. The summed E-state index contributed by atoms with van der Waals surface area (Å²) in [4.78, 5) is 40.1. The molecule has 0 unspecified atom stereocenters. The lowest BCUT2D eigenvalue weighted by molar-refractivity contribution is -0.739. The first-order chi connectivity index (χ1) is 14.4. The van der Waals surface area contributed by atoms with Crippen LogP contribution in [0.2, 0.25) is 0 Å². The van der Waals surface area contributed by atoms with Gasteiger partial charge in [-0.3, -0.25) is 9.59 Å². The van der Waals surface area contributed by atoms with Gasteiger partial charge in [-0.15, -0.1) is 0 Å². The van der Waals surface area contributed by atoms with E-state index in [-0.39, 0.29) is 17.9 Å². The van der Waals surface area contributed by atoms with E-state index in [1.54, 1.807) is 55.5 Å². The number of benzene rings is 2. The minimum Gasteiger partial charge on any atom is -0.544 e. The molecule has 2 fully saturated rings. The van der Waals surface area contributed by atoms with Crippen molar-refractivity contribution in [3.05, 3.63) is 54.1 Å². The molecule has 2 aliphatic heterocycles. The monoisotopic (exact) mass is 410 g/mol. The predicted octanol–water partition coefficient (Wildman–Crippen LogP) is -0.277. The number of hydrogen-bond donors (Lipinski definition) is 2. The van der Waals surface area contributed by atoms with Gasteiger partial charge in [0.25, 0.3) is 0 Å². The summed E-state index contributed by atoms with van der Waals surface area (Å²) in [5.41, 5.74) is -0.892. The Morgan fingerprint density at radius 2 is 1.87 bits per heavy atom. The van der Waals surface area contributed by atoms with Crippen LogP contribution in [-0.2, 0) is 14.4 Å². The van der Waals surface area contributed by atoms with Crippen molar-refractivity contribution in [1.82, 2.24) is 0 Å². The van der Waals surface area contributed by atoms with Gasteiger partial charge in [-0.05, 0) is 24.3 Å². The Balaban J connectivity index is 1.88. The smallest absolute Gasteiger partial charge is 0.244 e. The van der Waals surface area contributed by atoms with Gasteiger partial charge in [-0.25, -0.2) is 4.90 Å². The van der Waals surface area contributed by atoms with Crippen LogP contribution in [0.5, 0.6) is 11.5 Å². The summed E-state index contributed by atoms with van der Waals surface area (Å²) < 4.78 is 5.17. The first-order valence-electron chi connectivity index (χ1n) is 9.73. The summed E-state index contributed by atoms with van der Waals surface area (Å²) >= 11 is 0. The number of methoxy groups -OCH3 is 1. The molecule has 2 saturated heterocycles. The Morgan fingerprint density at radius 1 is 1.17 bits per heavy atom. The van der Waals surface area contributed by atoms with E-state index in [9.17, 15) is 24.6 Å². The molecule has 3 N–H and O–H groups in total. The molecule has 2 aromatic rings. The van der Waals surface area contributed by atoms with Crippen molar-refractivity contribution in [2.75, 3.05) is 12.0 Å². The molecule has 2 aromatic carbocycles. The second-order valence-electron chi connectivity index (χ2n) is 7.62. The molecule has 156 valence electrons. The molecule has 0 aromatic heterocycles. The molecule has 2 heterocycles. The van der Waals surface area contributed by atoms with Crippen LogP contribution >= 0.6 is 0 Å². The molecule has 2 amide bonds. The number of rotatable bonds is 5. The molecule has 8 heteroatoms. The van der Waals surface area contributed by atoms with Gasteiger partial charge in [0.2, 0.25) is 11.8 Å². The van der Waals surface area contributed by atoms with Crippen molar-refractivity contribution in [1.29, 1.82) is 0 Å². The highest BCUT2D eigenvalue weighted by atomic mass is 16.5. The Kier molecular flexibility index (Phi) is 4.74. The van der Waals surface area contributed by atoms with Crippen LogP contribution in [-0.4, -0.2) is 35.5 Å². The lowest BCUT2D eigenvalue weighted by Gasteiger charge is -2.31. The molecule has 8 nitrogen and oxygen atoms in total. The van der Waals surface area contributed by atoms with Crippen molar-refractivity contribution in [2.45, 2.75) is 24.9 Å². The Bertz CT molecular complexity index is 1020. The number of fused-ring (bicyclic) bond motifs is 1. The summed E-state index contributed by atoms with van der Waals surface area (Å²) in [5.74, 6) is -4.51. The third-order valence-corrected chi connectivity index (χ3v) is 6.36. The fourth-order valence-corrected chi connectivity index (χ4v) is 4.89. The summed E-state index contributed by atoms with van der Waals surface area (Å²) in [6.45, 7) is 1.65. The zero-order valence-corrected chi connectivity index (χ0v) is 16.6. The van der Waals surface area contributed by atoms with Gasteiger partial charge in [0, 0.05) is 6.42 Å². The zero-order chi connectivity index (χ0) is 21.6. The molecule has 4 atom stereocenters. The maximum absolute atomic E-state index is 13.4. The normalized spacial score (nSPS) is 27.9. The molecule has 0 aliphatic carbocycles. The van der Waals surface area contributed by atoms with E-state index in [1.807, 2.05) is 0 Å². The third kappa shape index (κ3) is 2.60. The number of hydrogen-bond acceptors (Lipinski definition) is 6. The highest BCUT2D eigenvalue weighted by Gasteiger charge is 2.69. The van der Waals surface area contributed by atoms with Gasteiger partial charge in [0.1, 0.15) is 29.4 Å². The molecule has 30 heavy (non-hydrogen) atoms. The maximum Gasteiger partial charge on any atom is 0.244 e. The number of carbonyl (C=O) groups is 3. The Labute approximate surface area is 173 Å². The number of anilines is 1. The average Bonchev–Trinajstić information content (AvgIpc) is 3.23. The van der Waals surface area contributed by atoms with Crippen molar-refractivity contribution in [3.8, 4) is 11.5 Å². The van der Waals surface area contributed by atoms with Crippen LogP contribution in [0.1, 0.15) is 24.9 Å². The number of para-hydroxylation sites is 2.